The van der Waals surface area contributed by atoms with Crippen LogP contribution in [-0.2, 0) is 14.3 Å². The maximum atomic E-state index is 11.5. The van der Waals surface area contributed by atoms with E-state index in [4.69, 9.17) is 11.6 Å². The average Bonchev–Trinajstić information content (AvgIpc) is 2.43. The van der Waals surface area contributed by atoms with E-state index in [1.54, 1.807) is 6.07 Å². The molecule has 0 amide bonds. The zero-order valence-electron chi connectivity index (χ0n) is 10.5. The minimum absolute atomic E-state index is 0.0578. The maximum absolute atomic E-state index is 11.5. The van der Waals surface area contributed by atoms with Crippen LogP contribution in [0.15, 0.2) is 30.3 Å². The minimum Gasteiger partial charge on any atom is -0.464 e. The Hall–Kier alpha value is -2.21. The second-order valence-corrected chi connectivity index (χ2v) is 4.12. The summed E-state index contributed by atoms with van der Waals surface area (Å²) in [6.07, 6.45) is 2.20. The van der Waals surface area contributed by atoms with Crippen LogP contribution in [0.5, 0.6) is 0 Å². The fourth-order valence-corrected chi connectivity index (χ4v) is 1.41. The predicted octanol–water partition coefficient (Wildman–Crippen LogP) is 2.35. The normalized spacial score (nSPS) is 10.4. The number of ketones is 1. The van der Waals surface area contributed by atoms with E-state index in [9.17, 15) is 19.7 Å². The van der Waals surface area contributed by atoms with Crippen molar-refractivity contribution in [1.82, 2.24) is 0 Å². The number of esters is 1. The van der Waals surface area contributed by atoms with Crippen molar-refractivity contribution >= 4 is 35.1 Å². The molecule has 0 saturated heterocycles. The SMILES string of the molecule is O=C(C=Cc1cccc([N+](=O)[O-])c1)CC(=O)OCCCl. The van der Waals surface area contributed by atoms with Gasteiger partial charge >= 0.3 is 5.97 Å². The van der Waals surface area contributed by atoms with E-state index in [0.717, 1.165) is 0 Å². The van der Waals surface area contributed by atoms with Gasteiger partial charge in [-0.2, -0.15) is 0 Å². The van der Waals surface area contributed by atoms with Gasteiger partial charge in [-0.25, -0.2) is 0 Å². The second kappa shape index (κ2) is 8.06. The molecule has 0 saturated carbocycles. The number of nitro groups is 1. The van der Waals surface area contributed by atoms with Crippen molar-refractivity contribution in [2.24, 2.45) is 0 Å². The number of carbonyl (C=O) groups is 2. The molecule has 6 nitrogen and oxygen atoms in total. The zero-order chi connectivity index (χ0) is 15.0. The van der Waals surface area contributed by atoms with Gasteiger partial charge in [-0.05, 0) is 11.6 Å². The molecule has 1 rings (SSSR count). The summed E-state index contributed by atoms with van der Waals surface area (Å²) in [5.41, 5.74) is 0.433. The Bertz CT molecular complexity index is 541. The first-order valence-corrected chi connectivity index (χ1v) is 6.23. The zero-order valence-corrected chi connectivity index (χ0v) is 11.2. The van der Waals surface area contributed by atoms with Gasteiger partial charge in [0, 0.05) is 12.1 Å². The van der Waals surface area contributed by atoms with Gasteiger partial charge in [-0.15, -0.1) is 11.6 Å². The van der Waals surface area contributed by atoms with E-state index in [1.165, 1.54) is 30.4 Å². The van der Waals surface area contributed by atoms with Gasteiger partial charge in [0.25, 0.3) is 5.69 Å². The largest absolute Gasteiger partial charge is 0.464 e. The van der Waals surface area contributed by atoms with Crippen LogP contribution in [0, 0.1) is 10.1 Å². The Morgan fingerprint density at radius 2 is 2.15 bits per heavy atom. The van der Waals surface area contributed by atoms with E-state index in [2.05, 4.69) is 4.74 Å². The number of rotatable bonds is 7. The van der Waals surface area contributed by atoms with E-state index >= 15 is 0 Å². The highest BCUT2D eigenvalue weighted by molar-refractivity contribution is 6.18. The summed E-state index contributed by atoms with van der Waals surface area (Å²) in [7, 11) is 0. The molecule has 0 heterocycles. The number of halogens is 1. The van der Waals surface area contributed by atoms with Crippen LogP contribution in [0.1, 0.15) is 12.0 Å². The number of hydrogen-bond acceptors (Lipinski definition) is 5. The first-order valence-electron chi connectivity index (χ1n) is 5.70. The Morgan fingerprint density at radius 3 is 2.80 bits per heavy atom. The molecule has 0 N–H and O–H groups in total. The van der Waals surface area contributed by atoms with Crippen LogP contribution in [-0.4, -0.2) is 29.2 Å². The maximum Gasteiger partial charge on any atom is 0.313 e. The first kappa shape index (κ1) is 15.8. The van der Waals surface area contributed by atoms with Gasteiger partial charge in [0.1, 0.15) is 13.0 Å². The van der Waals surface area contributed by atoms with Gasteiger partial charge in [0.15, 0.2) is 5.78 Å². The lowest BCUT2D eigenvalue weighted by Gasteiger charge is -1.99. The Balaban J connectivity index is 2.59. The summed E-state index contributed by atoms with van der Waals surface area (Å²) in [6, 6.07) is 5.80. The highest BCUT2D eigenvalue weighted by Gasteiger charge is 2.08. The smallest absolute Gasteiger partial charge is 0.313 e. The van der Waals surface area contributed by atoms with Gasteiger partial charge < -0.3 is 4.74 Å². The van der Waals surface area contributed by atoms with Crippen molar-refractivity contribution in [3.05, 3.63) is 46.0 Å². The molecular weight excluding hydrogens is 286 g/mol. The molecule has 106 valence electrons. The van der Waals surface area contributed by atoms with Crippen LogP contribution in [0.25, 0.3) is 6.08 Å². The number of hydrogen-bond donors (Lipinski definition) is 0. The van der Waals surface area contributed by atoms with Gasteiger partial charge in [-0.3, -0.25) is 19.7 Å². The van der Waals surface area contributed by atoms with Crippen molar-refractivity contribution in [2.45, 2.75) is 6.42 Å². The summed E-state index contributed by atoms with van der Waals surface area (Å²) in [5.74, 6) is -0.931. The number of carbonyl (C=O) groups excluding carboxylic acids is 2. The Kier molecular flexibility index (Phi) is 6.39. The minimum atomic E-state index is -0.653. The number of ether oxygens (including phenoxy) is 1. The summed E-state index contributed by atoms with van der Waals surface area (Å²) in [5, 5.41) is 10.6. The molecule has 0 atom stereocenters. The predicted molar refractivity (Wildman–Crippen MR) is 73.4 cm³/mol. The summed E-state index contributed by atoms with van der Waals surface area (Å²) < 4.78 is 4.65. The molecule has 0 unspecified atom stereocenters. The van der Waals surface area contributed by atoms with E-state index in [0.29, 0.717) is 5.56 Å². The second-order valence-electron chi connectivity index (χ2n) is 3.74. The molecule has 0 fully saturated rings. The number of alkyl halides is 1. The van der Waals surface area contributed by atoms with Crippen molar-refractivity contribution in [3.63, 3.8) is 0 Å². The van der Waals surface area contributed by atoms with E-state index in [-0.39, 0.29) is 24.6 Å². The summed E-state index contributed by atoms with van der Waals surface area (Å²) >= 11 is 5.33. The van der Waals surface area contributed by atoms with Crippen LogP contribution in [0.4, 0.5) is 5.69 Å². The number of allylic oxidation sites excluding steroid dienone is 1. The van der Waals surface area contributed by atoms with Gasteiger partial charge in [-0.1, -0.05) is 18.2 Å². The molecular formula is C13H12ClNO5. The number of nitro benzene ring substituents is 1. The monoisotopic (exact) mass is 297 g/mol. The summed E-state index contributed by atoms with van der Waals surface area (Å²) in [6.45, 7) is 0.0578. The highest BCUT2D eigenvalue weighted by Crippen LogP contribution is 2.14. The van der Waals surface area contributed by atoms with Crippen molar-refractivity contribution < 1.29 is 19.2 Å². The quantitative estimate of drug-likeness (QED) is 0.192. The van der Waals surface area contributed by atoms with Crippen molar-refractivity contribution in [3.8, 4) is 0 Å². The van der Waals surface area contributed by atoms with Crippen molar-refractivity contribution in [1.29, 1.82) is 0 Å². The van der Waals surface area contributed by atoms with Crippen molar-refractivity contribution in [2.75, 3.05) is 12.5 Å². The lowest BCUT2D eigenvalue weighted by atomic mass is 10.1. The standard InChI is InChI=1S/C13H12ClNO5/c14-6-7-20-13(17)9-12(16)5-4-10-2-1-3-11(8-10)15(18)19/h1-5,8H,6-7,9H2. The first-order chi connectivity index (χ1) is 9.52. The Labute approximate surface area is 120 Å². The molecule has 1 aromatic rings. The number of benzene rings is 1. The van der Waals surface area contributed by atoms with Gasteiger partial charge in [0.2, 0.25) is 0 Å². The molecule has 0 aliphatic carbocycles. The third-order valence-corrected chi connectivity index (χ3v) is 2.36. The lowest BCUT2D eigenvalue weighted by molar-refractivity contribution is -0.384. The van der Waals surface area contributed by atoms with E-state index in [1.807, 2.05) is 0 Å². The lowest BCUT2D eigenvalue weighted by Crippen LogP contribution is -2.10. The molecule has 0 bridgehead atoms. The molecule has 0 radical (unpaired) electrons. The molecule has 20 heavy (non-hydrogen) atoms. The fraction of sp³-hybridized carbons (Fsp3) is 0.231. The highest BCUT2D eigenvalue weighted by atomic mass is 35.5. The van der Waals surface area contributed by atoms with Crippen LogP contribution < -0.4 is 0 Å². The third kappa shape index (κ3) is 5.62. The molecule has 1 aromatic carbocycles. The summed E-state index contributed by atoms with van der Waals surface area (Å²) in [4.78, 5) is 32.7. The van der Waals surface area contributed by atoms with Crippen LogP contribution >= 0.6 is 11.6 Å². The number of nitrogens with zero attached hydrogens (tertiary/aromatic N) is 1. The van der Waals surface area contributed by atoms with Crippen LogP contribution in [0.3, 0.4) is 0 Å². The molecule has 0 aliphatic rings. The topological polar surface area (TPSA) is 86.5 Å². The van der Waals surface area contributed by atoms with E-state index < -0.39 is 16.7 Å². The third-order valence-electron chi connectivity index (χ3n) is 2.20. The van der Waals surface area contributed by atoms with Gasteiger partial charge in [0.05, 0.1) is 10.8 Å². The molecule has 0 spiro atoms. The molecule has 0 aromatic heterocycles. The number of non-ortho nitro benzene ring substituents is 1. The van der Waals surface area contributed by atoms with Crippen LogP contribution in [0.2, 0.25) is 0 Å². The Morgan fingerprint density at radius 1 is 1.40 bits per heavy atom. The molecule has 7 heteroatoms. The average molecular weight is 298 g/mol. The molecule has 0 aliphatic heterocycles. The fourth-order valence-electron chi connectivity index (χ4n) is 1.34.